The van der Waals surface area contributed by atoms with Crippen LogP contribution in [0.2, 0.25) is 0 Å². The van der Waals surface area contributed by atoms with Crippen molar-refractivity contribution < 1.29 is 9.90 Å². The molecule has 74 valence electrons. The fraction of sp³-hybridized carbons (Fsp3) is 0.100. The smallest absolute Gasteiger partial charge is 0.324 e. The zero-order chi connectivity index (χ0) is 10.6. The van der Waals surface area contributed by atoms with Crippen LogP contribution in [0, 0.1) is 0 Å². The molecule has 1 unspecified atom stereocenters. The van der Waals surface area contributed by atoms with Crippen molar-refractivity contribution in [3.05, 3.63) is 40.4 Å². The lowest BCUT2D eigenvalue weighted by atomic mass is 10.2. The molecule has 3 N–H and O–H groups in total. The molecule has 1 atom stereocenters. The van der Waals surface area contributed by atoms with Crippen LogP contribution in [0.5, 0.6) is 0 Å². The first-order chi connectivity index (χ1) is 6.59. The maximum atomic E-state index is 10.4. The first-order valence-electron chi connectivity index (χ1n) is 4.02. The van der Waals surface area contributed by atoms with Gasteiger partial charge in [0.25, 0.3) is 0 Å². The molecule has 0 radical (unpaired) electrons. The maximum absolute atomic E-state index is 10.4. The van der Waals surface area contributed by atoms with Gasteiger partial charge >= 0.3 is 5.97 Å². The number of hydrogen-bond donors (Lipinski definition) is 2. The van der Waals surface area contributed by atoms with E-state index in [9.17, 15) is 4.79 Å². The number of hydrogen-bond acceptors (Lipinski definition) is 2. The van der Waals surface area contributed by atoms with E-state index in [1.54, 1.807) is 6.08 Å². The lowest BCUT2D eigenvalue weighted by molar-refractivity contribution is -0.137. The molecule has 1 rings (SSSR count). The molecule has 0 heterocycles. The third-order valence-electron chi connectivity index (χ3n) is 1.65. The highest BCUT2D eigenvalue weighted by atomic mass is 79.9. The molecule has 14 heavy (non-hydrogen) atoms. The lowest BCUT2D eigenvalue weighted by Crippen LogP contribution is -2.27. The first-order valence-corrected chi connectivity index (χ1v) is 4.81. The van der Waals surface area contributed by atoms with E-state index in [-0.39, 0.29) is 0 Å². The van der Waals surface area contributed by atoms with E-state index in [2.05, 4.69) is 15.9 Å². The molecule has 0 aliphatic carbocycles. The second-order valence-corrected chi connectivity index (χ2v) is 3.69. The Bertz CT molecular complexity index is 346. The molecular formula is C10H10BrNO2. The summed E-state index contributed by atoms with van der Waals surface area (Å²) in [5.41, 5.74) is 6.22. The Labute approximate surface area is 90.4 Å². The first kappa shape index (κ1) is 10.9. The van der Waals surface area contributed by atoms with Gasteiger partial charge in [-0.1, -0.05) is 40.2 Å². The van der Waals surface area contributed by atoms with Crippen LogP contribution >= 0.6 is 15.9 Å². The Morgan fingerprint density at radius 3 is 2.50 bits per heavy atom. The Hall–Kier alpha value is -1.13. The summed E-state index contributed by atoms with van der Waals surface area (Å²) < 4.78 is 0.984. The number of benzene rings is 1. The minimum absolute atomic E-state index is 0.921. The summed E-state index contributed by atoms with van der Waals surface area (Å²) >= 11 is 3.31. The van der Waals surface area contributed by atoms with Crippen LogP contribution in [0.4, 0.5) is 0 Å². The van der Waals surface area contributed by atoms with Crippen molar-refractivity contribution in [3.63, 3.8) is 0 Å². The van der Waals surface area contributed by atoms with Crippen LogP contribution in [-0.2, 0) is 4.79 Å². The quantitative estimate of drug-likeness (QED) is 0.867. The number of halogens is 1. The SMILES string of the molecule is NC(/C=C/c1ccc(Br)cc1)C(=O)O. The fourth-order valence-corrected chi connectivity index (χ4v) is 1.14. The summed E-state index contributed by atoms with van der Waals surface area (Å²) in [4.78, 5) is 10.4. The van der Waals surface area contributed by atoms with Crippen LogP contribution in [0.15, 0.2) is 34.8 Å². The van der Waals surface area contributed by atoms with E-state index in [0.717, 1.165) is 10.0 Å². The molecule has 0 spiro atoms. The summed E-state index contributed by atoms with van der Waals surface area (Å²) in [6, 6.07) is 6.56. The van der Waals surface area contributed by atoms with E-state index >= 15 is 0 Å². The van der Waals surface area contributed by atoms with Crippen molar-refractivity contribution in [1.82, 2.24) is 0 Å². The molecule has 3 nitrogen and oxygen atoms in total. The molecule has 0 saturated carbocycles. The molecule has 0 aromatic heterocycles. The second-order valence-electron chi connectivity index (χ2n) is 2.77. The summed E-state index contributed by atoms with van der Waals surface area (Å²) in [5.74, 6) is -1.03. The van der Waals surface area contributed by atoms with Gasteiger partial charge in [-0.05, 0) is 17.7 Å². The average Bonchev–Trinajstić information content (AvgIpc) is 2.16. The highest BCUT2D eigenvalue weighted by Gasteiger charge is 2.05. The zero-order valence-electron chi connectivity index (χ0n) is 7.35. The van der Waals surface area contributed by atoms with E-state index in [1.165, 1.54) is 6.08 Å². The topological polar surface area (TPSA) is 63.3 Å². The van der Waals surface area contributed by atoms with Gasteiger partial charge in [-0.25, -0.2) is 0 Å². The summed E-state index contributed by atoms with van der Waals surface area (Å²) in [6.07, 6.45) is 3.14. The van der Waals surface area contributed by atoms with Gasteiger partial charge in [0.15, 0.2) is 0 Å². The van der Waals surface area contributed by atoms with Crippen LogP contribution in [0.3, 0.4) is 0 Å². The van der Waals surface area contributed by atoms with Crippen LogP contribution in [-0.4, -0.2) is 17.1 Å². The number of carbonyl (C=O) groups is 1. The number of carboxylic acid groups (broad SMARTS) is 1. The van der Waals surface area contributed by atoms with Crippen molar-refractivity contribution in [1.29, 1.82) is 0 Å². The molecule has 0 fully saturated rings. The Morgan fingerprint density at radius 1 is 1.43 bits per heavy atom. The van der Waals surface area contributed by atoms with Crippen molar-refractivity contribution in [2.45, 2.75) is 6.04 Å². The number of nitrogens with two attached hydrogens (primary N) is 1. The Kier molecular flexibility index (Phi) is 3.85. The van der Waals surface area contributed by atoms with Crippen LogP contribution in [0.25, 0.3) is 6.08 Å². The Morgan fingerprint density at radius 2 is 2.00 bits per heavy atom. The van der Waals surface area contributed by atoms with Gasteiger partial charge in [-0.2, -0.15) is 0 Å². The number of carboxylic acids is 1. The van der Waals surface area contributed by atoms with Gasteiger partial charge in [0, 0.05) is 4.47 Å². The van der Waals surface area contributed by atoms with Crippen molar-refractivity contribution >= 4 is 28.0 Å². The molecule has 0 amide bonds. The fourth-order valence-electron chi connectivity index (χ4n) is 0.871. The second kappa shape index (κ2) is 4.93. The largest absolute Gasteiger partial charge is 0.480 e. The van der Waals surface area contributed by atoms with Crippen molar-refractivity contribution in [2.24, 2.45) is 5.73 Å². The molecular weight excluding hydrogens is 246 g/mol. The molecule has 0 saturated heterocycles. The molecule has 1 aromatic carbocycles. The van der Waals surface area contributed by atoms with E-state index < -0.39 is 12.0 Å². The van der Waals surface area contributed by atoms with E-state index in [0.29, 0.717) is 0 Å². The maximum Gasteiger partial charge on any atom is 0.324 e. The van der Waals surface area contributed by atoms with Gasteiger partial charge in [-0.3, -0.25) is 4.79 Å². The predicted molar refractivity (Wildman–Crippen MR) is 58.8 cm³/mol. The monoisotopic (exact) mass is 255 g/mol. The third kappa shape index (κ3) is 3.32. The number of aliphatic carboxylic acids is 1. The molecule has 1 aromatic rings. The molecule has 0 aliphatic rings. The summed E-state index contributed by atoms with van der Waals surface area (Å²) in [7, 11) is 0. The van der Waals surface area contributed by atoms with E-state index in [4.69, 9.17) is 10.8 Å². The predicted octanol–water partition coefficient (Wildman–Crippen LogP) is 1.87. The van der Waals surface area contributed by atoms with Gasteiger partial charge in [0.1, 0.15) is 6.04 Å². The van der Waals surface area contributed by atoms with Crippen molar-refractivity contribution in [3.8, 4) is 0 Å². The lowest BCUT2D eigenvalue weighted by Gasteiger charge is -1.98. The summed E-state index contributed by atoms with van der Waals surface area (Å²) in [6.45, 7) is 0. The minimum atomic E-state index is -1.03. The normalized spacial score (nSPS) is 13.0. The van der Waals surface area contributed by atoms with Gasteiger partial charge in [-0.15, -0.1) is 0 Å². The highest BCUT2D eigenvalue weighted by molar-refractivity contribution is 9.10. The average molecular weight is 256 g/mol. The van der Waals surface area contributed by atoms with Crippen LogP contribution in [0.1, 0.15) is 5.56 Å². The zero-order valence-corrected chi connectivity index (χ0v) is 8.94. The minimum Gasteiger partial charge on any atom is -0.480 e. The molecule has 0 bridgehead atoms. The van der Waals surface area contributed by atoms with Crippen molar-refractivity contribution in [2.75, 3.05) is 0 Å². The van der Waals surface area contributed by atoms with Gasteiger partial charge in [0.05, 0.1) is 0 Å². The van der Waals surface area contributed by atoms with E-state index in [1.807, 2.05) is 24.3 Å². The highest BCUT2D eigenvalue weighted by Crippen LogP contribution is 2.11. The van der Waals surface area contributed by atoms with Crippen LogP contribution < -0.4 is 5.73 Å². The standard InChI is InChI=1S/C10H10BrNO2/c11-8-4-1-7(2-5-8)3-6-9(12)10(13)14/h1-6,9H,12H2,(H,13,14)/b6-3+. The molecule has 0 aliphatic heterocycles. The van der Waals surface area contributed by atoms with Gasteiger partial charge in [0.2, 0.25) is 0 Å². The summed E-state index contributed by atoms with van der Waals surface area (Å²) in [5, 5.41) is 8.52. The van der Waals surface area contributed by atoms with Gasteiger partial charge < -0.3 is 10.8 Å². The number of rotatable bonds is 3. The molecule has 4 heteroatoms. The third-order valence-corrected chi connectivity index (χ3v) is 2.18. The Balaban J connectivity index is 2.69.